The molecule has 4 aromatic rings. The van der Waals surface area contributed by atoms with Gasteiger partial charge in [-0.3, -0.25) is 14.9 Å². The highest BCUT2D eigenvalue weighted by Gasteiger charge is 2.12. The standard InChI is InChI=1S/C26H24BrN5O4/c1-4-25-29-23-11-9-19(27)13-22(23)26(33)31(25)28-15-18-8-10-20(30(2)3)14-24(18)36-16-17-6-5-7-21(12-17)32(34)35/h5-15H,4,16H2,1-3H3. The van der Waals surface area contributed by atoms with Crippen LogP contribution in [0.4, 0.5) is 11.4 Å². The Morgan fingerprint density at radius 3 is 2.69 bits per heavy atom. The predicted molar refractivity (Wildman–Crippen MR) is 144 cm³/mol. The van der Waals surface area contributed by atoms with Crippen LogP contribution in [-0.4, -0.2) is 34.9 Å². The van der Waals surface area contributed by atoms with Crippen LogP contribution in [0.25, 0.3) is 10.9 Å². The Morgan fingerprint density at radius 2 is 1.97 bits per heavy atom. The van der Waals surface area contributed by atoms with Crippen LogP contribution in [0.3, 0.4) is 0 Å². The SMILES string of the molecule is CCc1nc2ccc(Br)cc2c(=O)n1N=Cc1ccc(N(C)C)cc1OCc1cccc([N+](=O)[O-])c1. The monoisotopic (exact) mass is 549 g/mol. The number of nitro groups is 1. The van der Waals surface area contributed by atoms with E-state index in [0.717, 1.165) is 10.2 Å². The molecule has 3 aromatic carbocycles. The number of nitro benzene ring substituents is 1. The number of benzene rings is 3. The van der Waals surface area contributed by atoms with E-state index in [1.165, 1.54) is 16.8 Å². The largest absolute Gasteiger partial charge is 0.488 e. The maximum Gasteiger partial charge on any atom is 0.282 e. The maximum absolute atomic E-state index is 13.2. The van der Waals surface area contributed by atoms with Gasteiger partial charge in [-0.2, -0.15) is 9.78 Å². The topological polar surface area (TPSA) is 103 Å². The first kappa shape index (κ1) is 25.1. The second-order valence-corrected chi connectivity index (χ2v) is 9.15. The molecule has 0 atom stereocenters. The van der Waals surface area contributed by atoms with Gasteiger partial charge in [0.25, 0.3) is 11.2 Å². The molecule has 0 amide bonds. The number of fused-ring (bicyclic) bond motifs is 1. The first-order valence-corrected chi connectivity index (χ1v) is 12.0. The van der Waals surface area contributed by atoms with Crippen molar-refractivity contribution in [1.29, 1.82) is 0 Å². The molecule has 0 saturated carbocycles. The number of aryl methyl sites for hydroxylation is 1. The van der Waals surface area contributed by atoms with Crippen LogP contribution in [0.1, 0.15) is 23.9 Å². The molecule has 0 spiro atoms. The normalized spacial score (nSPS) is 11.2. The molecule has 0 aliphatic heterocycles. The molecule has 1 aromatic heterocycles. The molecule has 0 N–H and O–H groups in total. The molecule has 9 nitrogen and oxygen atoms in total. The molecule has 10 heteroatoms. The van der Waals surface area contributed by atoms with Gasteiger partial charge in [0.05, 0.1) is 22.0 Å². The average molecular weight is 550 g/mol. The van der Waals surface area contributed by atoms with Gasteiger partial charge in [-0.15, -0.1) is 0 Å². The van der Waals surface area contributed by atoms with Crippen LogP contribution < -0.4 is 15.2 Å². The first-order chi connectivity index (χ1) is 17.3. The molecule has 0 aliphatic rings. The molecule has 0 unspecified atom stereocenters. The zero-order valence-electron chi connectivity index (χ0n) is 20.0. The summed E-state index contributed by atoms with van der Waals surface area (Å²) in [6.45, 7) is 2.04. The highest BCUT2D eigenvalue weighted by molar-refractivity contribution is 9.10. The summed E-state index contributed by atoms with van der Waals surface area (Å²) in [6.07, 6.45) is 2.09. The van der Waals surface area contributed by atoms with E-state index in [-0.39, 0.29) is 17.9 Å². The van der Waals surface area contributed by atoms with Crippen molar-refractivity contribution < 1.29 is 9.66 Å². The van der Waals surface area contributed by atoms with Gasteiger partial charge in [0, 0.05) is 54.4 Å². The Morgan fingerprint density at radius 1 is 1.17 bits per heavy atom. The van der Waals surface area contributed by atoms with Gasteiger partial charge in [0.2, 0.25) is 0 Å². The highest BCUT2D eigenvalue weighted by atomic mass is 79.9. The fourth-order valence-corrected chi connectivity index (χ4v) is 3.98. The fraction of sp³-hybridized carbons (Fsp3) is 0.192. The van der Waals surface area contributed by atoms with E-state index < -0.39 is 4.92 Å². The third-order valence-electron chi connectivity index (χ3n) is 5.53. The third-order valence-corrected chi connectivity index (χ3v) is 6.03. The summed E-state index contributed by atoms with van der Waals surface area (Å²) in [5, 5.41) is 16.0. The quantitative estimate of drug-likeness (QED) is 0.171. The number of nitrogens with zero attached hydrogens (tertiary/aromatic N) is 5. The summed E-state index contributed by atoms with van der Waals surface area (Å²) in [5.41, 5.74) is 2.57. The Balaban J connectivity index is 1.71. The lowest BCUT2D eigenvalue weighted by molar-refractivity contribution is -0.384. The first-order valence-electron chi connectivity index (χ1n) is 11.2. The lowest BCUT2D eigenvalue weighted by Gasteiger charge is -2.16. The lowest BCUT2D eigenvalue weighted by Crippen LogP contribution is -2.22. The van der Waals surface area contributed by atoms with E-state index >= 15 is 0 Å². The van der Waals surface area contributed by atoms with Crippen molar-refractivity contribution in [2.45, 2.75) is 20.0 Å². The number of rotatable bonds is 8. The minimum Gasteiger partial charge on any atom is -0.488 e. The smallest absolute Gasteiger partial charge is 0.282 e. The van der Waals surface area contributed by atoms with Crippen LogP contribution in [0.5, 0.6) is 5.75 Å². The minimum atomic E-state index is -0.437. The molecule has 184 valence electrons. The van der Waals surface area contributed by atoms with Gasteiger partial charge < -0.3 is 9.64 Å². The van der Waals surface area contributed by atoms with Crippen LogP contribution in [0.15, 0.2) is 75.0 Å². The Labute approximate surface area is 215 Å². The van der Waals surface area contributed by atoms with Crippen molar-refractivity contribution >= 4 is 44.4 Å². The third kappa shape index (κ3) is 5.44. The summed E-state index contributed by atoms with van der Waals surface area (Å²) in [6, 6.07) is 17.3. The van der Waals surface area contributed by atoms with E-state index in [4.69, 9.17) is 4.74 Å². The lowest BCUT2D eigenvalue weighted by atomic mass is 10.1. The Bertz CT molecular complexity index is 1530. The zero-order chi connectivity index (χ0) is 25.8. The molecular weight excluding hydrogens is 526 g/mol. The summed E-state index contributed by atoms with van der Waals surface area (Å²) in [5.74, 6) is 1.06. The molecule has 4 rings (SSSR count). The van der Waals surface area contributed by atoms with Gasteiger partial charge in [-0.25, -0.2) is 4.98 Å². The fourth-order valence-electron chi connectivity index (χ4n) is 3.62. The van der Waals surface area contributed by atoms with Crippen LogP contribution in [-0.2, 0) is 13.0 Å². The van der Waals surface area contributed by atoms with Crippen molar-refractivity contribution in [1.82, 2.24) is 9.66 Å². The predicted octanol–water partition coefficient (Wildman–Crippen LogP) is 5.16. The highest BCUT2D eigenvalue weighted by Crippen LogP contribution is 2.25. The Hall–Kier alpha value is -4.05. The summed E-state index contributed by atoms with van der Waals surface area (Å²) >= 11 is 3.41. The number of anilines is 1. The van der Waals surface area contributed by atoms with Crippen molar-refractivity contribution in [2.75, 3.05) is 19.0 Å². The van der Waals surface area contributed by atoms with E-state index in [9.17, 15) is 14.9 Å². The van der Waals surface area contributed by atoms with Crippen molar-refractivity contribution in [2.24, 2.45) is 5.10 Å². The Kier molecular flexibility index (Phi) is 7.44. The van der Waals surface area contributed by atoms with Crippen molar-refractivity contribution in [3.8, 4) is 5.75 Å². The summed E-state index contributed by atoms with van der Waals surface area (Å²) in [4.78, 5) is 30.4. The van der Waals surface area contributed by atoms with Crippen LogP contribution >= 0.6 is 15.9 Å². The summed E-state index contributed by atoms with van der Waals surface area (Å²) in [7, 11) is 3.83. The van der Waals surface area contributed by atoms with E-state index in [0.29, 0.717) is 40.0 Å². The zero-order valence-corrected chi connectivity index (χ0v) is 21.6. The number of non-ortho nitro benzene ring substituents is 1. The van der Waals surface area contributed by atoms with Gasteiger partial charge in [-0.1, -0.05) is 35.0 Å². The number of halogens is 1. The molecule has 0 saturated heterocycles. The van der Waals surface area contributed by atoms with Gasteiger partial charge in [0.15, 0.2) is 0 Å². The van der Waals surface area contributed by atoms with Gasteiger partial charge in [0.1, 0.15) is 18.2 Å². The molecule has 1 heterocycles. The number of ether oxygens (including phenoxy) is 1. The van der Waals surface area contributed by atoms with Crippen molar-refractivity contribution in [3.05, 3.63) is 103 Å². The van der Waals surface area contributed by atoms with Gasteiger partial charge in [-0.05, 0) is 35.9 Å². The van der Waals surface area contributed by atoms with E-state index in [1.807, 2.05) is 50.2 Å². The van der Waals surface area contributed by atoms with E-state index in [1.54, 1.807) is 30.5 Å². The number of aromatic nitrogens is 2. The number of hydrogen-bond donors (Lipinski definition) is 0. The molecule has 0 bridgehead atoms. The summed E-state index contributed by atoms with van der Waals surface area (Å²) < 4.78 is 8.15. The van der Waals surface area contributed by atoms with Crippen molar-refractivity contribution in [3.63, 3.8) is 0 Å². The molecule has 36 heavy (non-hydrogen) atoms. The van der Waals surface area contributed by atoms with Crippen LogP contribution in [0, 0.1) is 10.1 Å². The molecular formula is C26H24BrN5O4. The molecule has 0 fully saturated rings. The van der Waals surface area contributed by atoms with E-state index in [2.05, 4.69) is 26.0 Å². The number of hydrogen-bond acceptors (Lipinski definition) is 7. The molecule has 0 aliphatic carbocycles. The minimum absolute atomic E-state index is 0.00170. The van der Waals surface area contributed by atoms with Gasteiger partial charge >= 0.3 is 0 Å². The average Bonchev–Trinajstić information content (AvgIpc) is 2.87. The second-order valence-electron chi connectivity index (χ2n) is 8.24. The van der Waals surface area contributed by atoms with Crippen LogP contribution in [0.2, 0.25) is 0 Å². The maximum atomic E-state index is 13.2. The second kappa shape index (κ2) is 10.7. The molecule has 0 radical (unpaired) electrons.